The van der Waals surface area contributed by atoms with Gasteiger partial charge in [0.25, 0.3) is 5.69 Å². The third-order valence-electron chi connectivity index (χ3n) is 2.18. The molecule has 0 aliphatic rings. The Morgan fingerprint density at radius 1 is 1.29 bits per heavy atom. The van der Waals surface area contributed by atoms with Gasteiger partial charge >= 0.3 is 0 Å². The van der Waals surface area contributed by atoms with Crippen molar-refractivity contribution in [1.29, 1.82) is 0 Å². The molecule has 0 fully saturated rings. The highest BCUT2D eigenvalue weighted by Crippen LogP contribution is 2.28. The highest BCUT2D eigenvalue weighted by molar-refractivity contribution is 7.80. The van der Waals surface area contributed by atoms with Crippen LogP contribution in [-0.2, 0) is 0 Å². The van der Waals surface area contributed by atoms with Crippen LogP contribution in [0.5, 0.6) is 0 Å². The zero-order valence-electron chi connectivity index (χ0n) is 8.50. The number of hydrogen-bond acceptors (Lipinski definition) is 4. The van der Waals surface area contributed by atoms with Crippen LogP contribution in [-0.4, -0.2) is 9.91 Å². The van der Waals surface area contributed by atoms with E-state index in [1.165, 1.54) is 12.3 Å². The maximum atomic E-state index is 10.6. The molecule has 0 unspecified atom stereocenters. The van der Waals surface area contributed by atoms with E-state index in [2.05, 4.69) is 17.6 Å². The zero-order valence-corrected chi connectivity index (χ0v) is 10.2. The number of nitrogens with zero attached hydrogens (tertiary/aromatic N) is 2. The number of pyridine rings is 1. The summed E-state index contributed by atoms with van der Waals surface area (Å²) in [6, 6.07) is 8.41. The van der Waals surface area contributed by atoms with Crippen LogP contribution in [0.1, 0.15) is 0 Å². The number of halogens is 1. The third-order valence-corrected chi connectivity index (χ3v) is 2.77. The van der Waals surface area contributed by atoms with Gasteiger partial charge in [0.2, 0.25) is 0 Å². The first-order valence-electron chi connectivity index (χ1n) is 4.67. The second-order valence-electron chi connectivity index (χ2n) is 3.33. The minimum absolute atomic E-state index is 0.0762. The molecular weight excluding hydrogens is 260 g/mol. The molecule has 17 heavy (non-hydrogen) atoms. The molecule has 0 aliphatic carbocycles. The number of benzene rings is 1. The molecule has 86 valence electrons. The van der Waals surface area contributed by atoms with Crippen molar-refractivity contribution in [2.45, 2.75) is 4.90 Å². The van der Waals surface area contributed by atoms with Crippen LogP contribution in [0.4, 0.5) is 5.69 Å². The van der Waals surface area contributed by atoms with Crippen LogP contribution in [0.25, 0.3) is 11.3 Å². The van der Waals surface area contributed by atoms with E-state index in [0.717, 1.165) is 5.56 Å². The fourth-order valence-corrected chi connectivity index (χ4v) is 1.82. The van der Waals surface area contributed by atoms with Crippen molar-refractivity contribution in [3.63, 3.8) is 0 Å². The molecule has 0 N–H and O–H groups in total. The first-order chi connectivity index (χ1) is 8.08. The summed E-state index contributed by atoms with van der Waals surface area (Å²) in [4.78, 5) is 14.6. The lowest BCUT2D eigenvalue weighted by Crippen LogP contribution is -1.92. The van der Waals surface area contributed by atoms with Crippen molar-refractivity contribution < 1.29 is 4.92 Å². The van der Waals surface area contributed by atoms with Crippen LogP contribution in [0, 0.1) is 10.1 Å². The van der Waals surface area contributed by atoms with Crippen molar-refractivity contribution in [2.24, 2.45) is 0 Å². The van der Waals surface area contributed by atoms with Crippen LogP contribution in [0.15, 0.2) is 41.4 Å². The fourth-order valence-electron chi connectivity index (χ4n) is 1.37. The van der Waals surface area contributed by atoms with Crippen LogP contribution in [0.3, 0.4) is 0 Å². The van der Waals surface area contributed by atoms with Gasteiger partial charge in [-0.25, -0.2) is 4.98 Å². The highest BCUT2D eigenvalue weighted by Gasteiger charge is 2.11. The second-order valence-corrected chi connectivity index (χ2v) is 4.24. The van der Waals surface area contributed by atoms with Gasteiger partial charge < -0.3 is 0 Å². The number of thiol groups is 1. The van der Waals surface area contributed by atoms with Gasteiger partial charge in [0.15, 0.2) is 0 Å². The van der Waals surface area contributed by atoms with E-state index < -0.39 is 4.92 Å². The zero-order chi connectivity index (χ0) is 12.4. The second kappa shape index (κ2) is 4.73. The van der Waals surface area contributed by atoms with Gasteiger partial charge in [-0.1, -0.05) is 23.7 Å². The molecule has 6 heteroatoms. The predicted molar refractivity (Wildman–Crippen MR) is 68.6 cm³/mol. The van der Waals surface area contributed by atoms with Crippen molar-refractivity contribution >= 4 is 29.9 Å². The van der Waals surface area contributed by atoms with Gasteiger partial charge in [0, 0.05) is 21.5 Å². The molecule has 0 atom stereocenters. The largest absolute Gasteiger partial charge is 0.288 e. The molecule has 0 radical (unpaired) electrons. The van der Waals surface area contributed by atoms with Gasteiger partial charge in [-0.3, -0.25) is 10.1 Å². The Morgan fingerprint density at radius 3 is 2.47 bits per heavy atom. The van der Waals surface area contributed by atoms with Gasteiger partial charge in [-0.05, 0) is 12.1 Å². The monoisotopic (exact) mass is 266 g/mol. The topological polar surface area (TPSA) is 56.0 Å². The average molecular weight is 267 g/mol. The quantitative estimate of drug-likeness (QED) is 0.513. The van der Waals surface area contributed by atoms with Gasteiger partial charge in [0.1, 0.15) is 6.20 Å². The number of rotatable bonds is 2. The Kier molecular flexibility index (Phi) is 3.31. The Hall–Kier alpha value is -1.59. The van der Waals surface area contributed by atoms with Gasteiger partial charge in [0.05, 0.1) is 10.6 Å². The van der Waals surface area contributed by atoms with E-state index in [-0.39, 0.29) is 5.69 Å². The Labute approximate surface area is 108 Å². The van der Waals surface area contributed by atoms with Crippen molar-refractivity contribution in [3.8, 4) is 11.3 Å². The van der Waals surface area contributed by atoms with E-state index in [4.69, 9.17) is 11.6 Å². The summed E-state index contributed by atoms with van der Waals surface area (Å²) in [5.41, 5.74) is 1.33. The van der Waals surface area contributed by atoms with Crippen molar-refractivity contribution in [2.75, 3.05) is 0 Å². The average Bonchev–Trinajstić information content (AvgIpc) is 2.30. The van der Waals surface area contributed by atoms with E-state index in [9.17, 15) is 10.1 Å². The molecule has 1 aromatic carbocycles. The highest BCUT2D eigenvalue weighted by atomic mass is 35.5. The predicted octanol–water partition coefficient (Wildman–Crippen LogP) is 3.60. The summed E-state index contributed by atoms with van der Waals surface area (Å²) in [6.45, 7) is 0. The summed E-state index contributed by atoms with van der Waals surface area (Å²) < 4.78 is 0. The summed E-state index contributed by atoms with van der Waals surface area (Å²) >= 11 is 9.98. The maximum Gasteiger partial charge on any atom is 0.288 e. The molecule has 1 heterocycles. The maximum absolute atomic E-state index is 10.6. The summed E-state index contributed by atoms with van der Waals surface area (Å²) in [5, 5.41) is 11.2. The van der Waals surface area contributed by atoms with Crippen molar-refractivity contribution in [1.82, 2.24) is 4.98 Å². The lowest BCUT2D eigenvalue weighted by Gasteiger charge is -2.03. The van der Waals surface area contributed by atoms with Crippen molar-refractivity contribution in [3.05, 3.63) is 51.7 Å². The standard InChI is InChI=1S/C11H7ClN2O2S/c12-8-3-1-7(2-4-8)11-10(17)5-9(6-13-11)14(15)16/h1-6,17H. The Balaban J connectivity index is 2.46. The van der Waals surface area contributed by atoms with Gasteiger partial charge in [-0.2, -0.15) is 0 Å². The normalized spacial score (nSPS) is 10.2. The Bertz CT molecular complexity index is 572. The first kappa shape index (κ1) is 11.9. The smallest absolute Gasteiger partial charge is 0.258 e. The molecule has 0 aliphatic heterocycles. The summed E-state index contributed by atoms with van der Waals surface area (Å²) in [6.07, 6.45) is 1.21. The SMILES string of the molecule is O=[N+]([O-])c1cnc(-c2ccc(Cl)cc2)c(S)c1. The van der Waals surface area contributed by atoms with Crippen LogP contribution in [0.2, 0.25) is 5.02 Å². The number of hydrogen-bond donors (Lipinski definition) is 1. The molecule has 0 saturated carbocycles. The minimum atomic E-state index is -0.502. The molecule has 2 rings (SSSR count). The van der Waals surface area contributed by atoms with Crippen LogP contribution < -0.4 is 0 Å². The van der Waals surface area contributed by atoms with E-state index in [1.54, 1.807) is 24.3 Å². The molecule has 2 aromatic rings. The molecule has 4 nitrogen and oxygen atoms in total. The lowest BCUT2D eigenvalue weighted by molar-refractivity contribution is -0.385. The molecular formula is C11H7ClN2O2S. The molecule has 1 aromatic heterocycles. The van der Waals surface area contributed by atoms with Gasteiger partial charge in [-0.15, -0.1) is 12.6 Å². The van der Waals surface area contributed by atoms with Crippen LogP contribution >= 0.6 is 24.2 Å². The summed E-state index contributed by atoms with van der Waals surface area (Å²) in [7, 11) is 0. The number of aromatic nitrogens is 1. The lowest BCUT2D eigenvalue weighted by atomic mass is 10.1. The minimum Gasteiger partial charge on any atom is -0.258 e. The number of nitro groups is 1. The van der Waals surface area contributed by atoms with E-state index in [0.29, 0.717) is 15.6 Å². The Morgan fingerprint density at radius 2 is 1.94 bits per heavy atom. The van der Waals surface area contributed by atoms with E-state index >= 15 is 0 Å². The molecule has 0 saturated heterocycles. The third kappa shape index (κ3) is 2.57. The molecule has 0 spiro atoms. The fraction of sp³-hybridized carbons (Fsp3) is 0. The molecule has 0 bridgehead atoms. The first-order valence-corrected chi connectivity index (χ1v) is 5.50. The van der Waals surface area contributed by atoms with E-state index in [1.807, 2.05) is 0 Å². The molecule has 0 amide bonds. The summed E-state index contributed by atoms with van der Waals surface area (Å²) in [5.74, 6) is 0.